The summed E-state index contributed by atoms with van der Waals surface area (Å²) < 4.78 is 10.7. The summed E-state index contributed by atoms with van der Waals surface area (Å²) in [7, 11) is 1.64. The Morgan fingerprint density at radius 3 is 2.86 bits per heavy atom. The lowest BCUT2D eigenvalue weighted by molar-refractivity contribution is 0.184. The summed E-state index contributed by atoms with van der Waals surface area (Å²) in [6.45, 7) is 3.32. The van der Waals surface area contributed by atoms with Crippen molar-refractivity contribution in [1.29, 1.82) is 0 Å². The van der Waals surface area contributed by atoms with Gasteiger partial charge < -0.3 is 14.8 Å². The van der Waals surface area contributed by atoms with Crippen molar-refractivity contribution in [3.05, 3.63) is 35.1 Å². The molecule has 0 fully saturated rings. The summed E-state index contributed by atoms with van der Waals surface area (Å²) in [6.07, 6.45) is 0.957. The van der Waals surface area contributed by atoms with Crippen LogP contribution in [0.2, 0.25) is 5.28 Å². The molecule has 112 valence electrons. The summed E-state index contributed by atoms with van der Waals surface area (Å²) in [4.78, 5) is 12.1. The Kier molecular flexibility index (Phi) is 5.71. The van der Waals surface area contributed by atoms with E-state index in [9.17, 15) is 0 Å². The SMILES string of the molecule is CCCNc1nc(Cl)nc(Oc2cccc(COC)c2)n1. The average Bonchev–Trinajstić information content (AvgIpc) is 2.45. The largest absolute Gasteiger partial charge is 0.424 e. The van der Waals surface area contributed by atoms with Crippen molar-refractivity contribution in [1.82, 2.24) is 15.0 Å². The van der Waals surface area contributed by atoms with E-state index in [-0.39, 0.29) is 11.3 Å². The molecular formula is C14H17ClN4O2. The number of halogens is 1. The number of methoxy groups -OCH3 is 1. The molecule has 7 heteroatoms. The fourth-order valence-electron chi connectivity index (χ4n) is 1.66. The molecule has 0 aliphatic carbocycles. The highest BCUT2D eigenvalue weighted by atomic mass is 35.5. The second kappa shape index (κ2) is 7.75. The van der Waals surface area contributed by atoms with Crippen LogP contribution in [-0.2, 0) is 11.3 Å². The molecule has 1 heterocycles. The van der Waals surface area contributed by atoms with Gasteiger partial charge in [-0.2, -0.15) is 15.0 Å². The van der Waals surface area contributed by atoms with E-state index in [0.29, 0.717) is 18.3 Å². The molecule has 2 aromatic rings. The number of hydrogen-bond acceptors (Lipinski definition) is 6. The van der Waals surface area contributed by atoms with Gasteiger partial charge in [0.1, 0.15) is 5.75 Å². The molecule has 1 aromatic carbocycles. The van der Waals surface area contributed by atoms with E-state index in [2.05, 4.69) is 27.2 Å². The minimum Gasteiger partial charge on any atom is -0.424 e. The Morgan fingerprint density at radius 1 is 1.24 bits per heavy atom. The minimum absolute atomic E-state index is 0.0895. The molecule has 0 bridgehead atoms. The molecule has 1 aromatic heterocycles. The molecule has 0 radical (unpaired) electrons. The van der Waals surface area contributed by atoms with Gasteiger partial charge in [0.05, 0.1) is 6.61 Å². The van der Waals surface area contributed by atoms with E-state index in [0.717, 1.165) is 18.5 Å². The minimum atomic E-state index is 0.0895. The maximum atomic E-state index is 5.87. The summed E-state index contributed by atoms with van der Waals surface area (Å²) >= 11 is 5.87. The van der Waals surface area contributed by atoms with E-state index in [1.807, 2.05) is 24.3 Å². The number of benzene rings is 1. The third kappa shape index (κ3) is 4.84. The Labute approximate surface area is 128 Å². The van der Waals surface area contributed by atoms with Crippen molar-refractivity contribution in [3.63, 3.8) is 0 Å². The quantitative estimate of drug-likeness (QED) is 0.846. The predicted molar refractivity (Wildman–Crippen MR) is 80.8 cm³/mol. The molecule has 0 atom stereocenters. The third-order valence-corrected chi connectivity index (χ3v) is 2.71. The molecule has 0 amide bonds. The van der Waals surface area contributed by atoms with Gasteiger partial charge in [-0.05, 0) is 35.7 Å². The van der Waals surface area contributed by atoms with E-state index in [4.69, 9.17) is 21.1 Å². The molecule has 6 nitrogen and oxygen atoms in total. The van der Waals surface area contributed by atoms with Crippen LogP contribution < -0.4 is 10.1 Å². The number of nitrogens with zero attached hydrogens (tertiary/aromatic N) is 3. The lowest BCUT2D eigenvalue weighted by Crippen LogP contribution is -2.06. The number of ether oxygens (including phenoxy) is 2. The van der Waals surface area contributed by atoms with E-state index < -0.39 is 0 Å². The molecule has 21 heavy (non-hydrogen) atoms. The number of anilines is 1. The lowest BCUT2D eigenvalue weighted by Gasteiger charge is -2.08. The zero-order valence-electron chi connectivity index (χ0n) is 12.0. The van der Waals surface area contributed by atoms with Crippen molar-refractivity contribution < 1.29 is 9.47 Å². The Balaban J connectivity index is 2.14. The van der Waals surface area contributed by atoms with Gasteiger partial charge >= 0.3 is 6.01 Å². The Hall–Kier alpha value is -1.92. The van der Waals surface area contributed by atoms with Crippen LogP contribution in [0.15, 0.2) is 24.3 Å². The van der Waals surface area contributed by atoms with Crippen LogP contribution in [0.25, 0.3) is 0 Å². The molecule has 0 saturated heterocycles. The van der Waals surface area contributed by atoms with Gasteiger partial charge in [-0.25, -0.2) is 0 Å². The Bertz CT molecular complexity index is 595. The van der Waals surface area contributed by atoms with Gasteiger partial charge in [-0.3, -0.25) is 0 Å². The van der Waals surface area contributed by atoms with Crippen LogP contribution in [0.5, 0.6) is 11.8 Å². The molecule has 0 aliphatic heterocycles. The molecule has 0 aliphatic rings. The van der Waals surface area contributed by atoms with Crippen LogP contribution in [0.4, 0.5) is 5.95 Å². The topological polar surface area (TPSA) is 69.2 Å². The van der Waals surface area contributed by atoms with Crippen molar-refractivity contribution in [2.75, 3.05) is 19.0 Å². The summed E-state index contributed by atoms with van der Waals surface area (Å²) in [5.41, 5.74) is 1.000. The first-order valence-corrected chi connectivity index (χ1v) is 7.00. The zero-order chi connectivity index (χ0) is 15.1. The molecule has 1 N–H and O–H groups in total. The van der Waals surface area contributed by atoms with Crippen LogP contribution in [0.1, 0.15) is 18.9 Å². The number of nitrogens with one attached hydrogen (secondary N) is 1. The first kappa shape index (κ1) is 15.5. The predicted octanol–water partition coefficient (Wildman–Crippen LogP) is 3.29. The number of hydrogen-bond donors (Lipinski definition) is 1. The average molecular weight is 309 g/mol. The standard InChI is InChI=1S/C14H17ClN4O2/c1-3-7-16-13-17-12(15)18-14(19-13)21-11-6-4-5-10(8-11)9-20-2/h4-6,8H,3,7,9H2,1-2H3,(H,16,17,18,19). The molecule has 0 spiro atoms. The lowest BCUT2D eigenvalue weighted by atomic mass is 10.2. The van der Waals surface area contributed by atoms with Gasteiger partial charge in [-0.15, -0.1) is 0 Å². The van der Waals surface area contributed by atoms with Crippen molar-refractivity contribution in [2.24, 2.45) is 0 Å². The summed E-state index contributed by atoms with van der Waals surface area (Å²) in [5, 5.41) is 3.14. The smallest absolute Gasteiger partial charge is 0.328 e. The van der Waals surface area contributed by atoms with Crippen molar-refractivity contribution in [3.8, 4) is 11.8 Å². The molecule has 0 saturated carbocycles. The maximum absolute atomic E-state index is 5.87. The first-order valence-electron chi connectivity index (χ1n) is 6.62. The fourth-order valence-corrected chi connectivity index (χ4v) is 1.82. The zero-order valence-corrected chi connectivity index (χ0v) is 12.7. The molecule has 0 unspecified atom stereocenters. The first-order chi connectivity index (χ1) is 10.2. The normalized spacial score (nSPS) is 10.4. The van der Waals surface area contributed by atoms with Gasteiger partial charge in [-0.1, -0.05) is 19.1 Å². The van der Waals surface area contributed by atoms with Crippen molar-refractivity contribution >= 4 is 17.5 Å². The van der Waals surface area contributed by atoms with E-state index in [1.165, 1.54) is 0 Å². The second-order valence-corrected chi connectivity index (χ2v) is 4.66. The highest BCUT2D eigenvalue weighted by Crippen LogP contribution is 2.21. The Morgan fingerprint density at radius 2 is 2.10 bits per heavy atom. The third-order valence-electron chi connectivity index (χ3n) is 2.54. The van der Waals surface area contributed by atoms with Crippen molar-refractivity contribution in [2.45, 2.75) is 20.0 Å². The highest BCUT2D eigenvalue weighted by Gasteiger charge is 2.07. The monoisotopic (exact) mass is 308 g/mol. The fraction of sp³-hybridized carbons (Fsp3) is 0.357. The van der Waals surface area contributed by atoms with Crippen LogP contribution in [0, 0.1) is 0 Å². The van der Waals surface area contributed by atoms with Crippen LogP contribution >= 0.6 is 11.6 Å². The number of rotatable bonds is 7. The van der Waals surface area contributed by atoms with Crippen LogP contribution in [0.3, 0.4) is 0 Å². The molecule has 2 rings (SSSR count). The van der Waals surface area contributed by atoms with Gasteiger partial charge in [0.25, 0.3) is 0 Å². The number of aromatic nitrogens is 3. The van der Waals surface area contributed by atoms with E-state index >= 15 is 0 Å². The van der Waals surface area contributed by atoms with Gasteiger partial charge in [0.15, 0.2) is 0 Å². The second-order valence-electron chi connectivity index (χ2n) is 4.32. The van der Waals surface area contributed by atoms with E-state index in [1.54, 1.807) is 7.11 Å². The molecular weight excluding hydrogens is 292 g/mol. The summed E-state index contributed by atoms with van der Waals surface area (Å²) in [5.74, 6) is 1.02. The maximum Gasteiger partial charge on any atom is 0.328 e. The summed E-state index contributed by atoms with van der Waals surface area (Å²) in [6, 6.07) is 7.66. The van der Waals surface area contributed by atoms with Gasteiger partial charge in [0.2, 0.25) is 11.2 Å². The highest BCUT2D eigenvalue weighted by molar-refractivity contribution is 6.28. The van der Waals surface area contributed by atoms with Gasteiger partial charge in [0, 0.05) is 13.7 Å². The van der Waals surface area contributed by atoms with Crippen LogP contribution in [-0.4, -0.2) is 28.6 Å².